The molecular formula is C58H41N. The molecule has 1 heterocycles. The summed E-state index contributed by atoms with van der Waals surface area (Å²) in [7, 11) is 0. The first-order chi connectivity index (χ1) is 29.0. The molecule has 9 aromatic carbocycles. The van der Waals surface area contributed by atoms with Crippen LogP contribution in [0.5, 0.6) is 0 Å². The van der Waals surface area contributed by atoms with Crippen LogP contribution in [0.2, 0.25) is 0 Å². The van der Waals surface area contributed by atoms with Gasteiger partial charge in [-0.3, -0.25) is 0 Å². The molecule has 1 atom stereocenters. The van der Waals surface area contributed by atoms with Crippen molar-refractivity contribution in [1.82, 2.24) is 4.57 Å². The lowest BCUT2D eigenvalue weighted by molar-refractivity contribution is 0.661. The maximum absolute atomic E-state index is 2.48. The van der Waals surface area contributed by atoms with Gasteiger partial charge in [-0.1, -0.05) is 178 Å². The van der Waals surface area contributed by atoms with Crippen molar-refractivity contribution in [2.45, 2.75) is 25.2 Å². The van der Waals surface area contributed by atoms with Crippen LogP contribution in [0.25, 0.3) is 83.1 Å². The molecule has 0 amide bonds. The highest BCUT2D eigenvalue weighted by atomic mass is 15.0. The van der Waals surface area contributed by atoms with E-state index in [2.05, 4.69) is 225 Å². The summed E-state index contributed by atoms with van der Waals surface area (Å²) in [4.78, 5) is 0. The normalized spacial score (nSPS) is 14.6. The van der Waals surface area contributed by atoms with E-state index in [1.54, 1.807) is 0 Å². The van der Waals surface area contributed by atoms with Crippen LogP contribution in [0.1, 0.15) is 47.6 Å². The second-order valence-corrected chi connectivity index (χ2v) is 16.9. The van der Waals surface area contributed by atoms with Crippen LogP contribution in [-0.4, -0.2) is 4.57 Å². The van der Waals surface area contributed by atoms with Gasteiger partial charge in [0.2, 0.25) is 0 Å². The smallest absolute Gasteiger partial charge is 0.0544 e. The Labute approximate surface area is 345 Å². The van der Waals surface area contributed by atoms with Crippen molar-refractivity contribution < 1.29 is 0 Å². The number of benzene rings is 9. The zero-order valence-electron chi connectivity index (χ0n) is 33.2. The molecule has 0 radical (unpaired) electrons. The predicted octanol–water partition coefficient (Wildman–Crippen LogP) is 15.3. The SMILES string of the molecule is CC1(C)c2ccccc2-c2cc3c4cc(-c5ccc6c(c5)-c5ccccc5C6c5ccc(-c6ccccc6)cc5)ccc4n(-c4ccc(-c5ccccc5)cc4)c3cc21. The number of rotatable bonds is 5. The third-order valence-corrected chi connectivity index (χ3v) is 13.3. The molecule has 2 aliphatic rings. The lowest BCUT2D eigenvalue weighted by Gasteiger charge is -2.21. The van der Waals surface area contributed by atoms with E-state index in [0.29, 0.717) is 0 Å². The summed E-state index contributed by atoms with van der Waals surface area (Å²) in [5.74, 6) is 0.197. The van der Waals surface area contributed by atoms with Crippen molar-refractivity contribution in [3.05, 3.63) is 234 Å². The molecule has 0 aliphatic heterocycles. The van der Waals surface area contributed by atoms with Crippen molar-refractivity contribution in [1.29, 1.82) is 0 Å². The molecule has 278 valence electrons. The summed E-state index contributed by atoms with van der Waals surface area (Å²) in [6, 6.07) is 76.8. The van der Waals surface area contributed by atoms with E-state index in [0.717, 1.165) is 0 Å². The van der Waals surface area contributed by atoms with E-state index in [4.69, 9.17) is 0 Å². The fraction of sp³-hybridized carbons (Fsp3) is 0.0690. The maximum atomic E-state index is 2.48. The number of hydrogen-bond donors (Lipinski definition) is 0. The molecule has 59 heavy (non-hydrogen) atoms. The van der Waals surface area contributed by atoms with Gasteiger partial charge in [0.1, 0.15) is 0 Å². The highest BCUT2D eigenvalue weighted by Gasteiger charge is 2.36. The predicted molar refractivity (Wildman–Crippen MR) is 247 cm³/mol. The quantitative estimate of drug-likeness (QED) is 0.165. The van der Waals surface area contributed by atoms with Gasteiger partial charge in [0, 0.05) is 27.8 Å². The van der Waals surface area contributed by atoms with Crippen LogP contribution < -0.4 is 0 Å². The molecule has 0 saturated heterocycles. The van der Waals surface area contributed by atoms with Crippen molar-refractivity contribution in [3.63, 3.8) is 0 Å². The first-order valence-electron chi connectivity index (χ1n) is 20.8. The van der Waals surface area contributed by atoms with Gasteiger partial charge in [-0.05, 0) is 126 Å². The molecule has 0 fully saturated rings. The molecule has 1 heteroatoms. The number of hydrogen-bond acceptors (Lipinski definition) is 0. The molecule has 10 aromatic rings. The average molecular weight is 752 g/mol. The van der Waals surface area contributed by atoms with E-state index in [1.165, 1.54) is 111 Å². The van der Waals surface area contributed by atoms with Crippen molar-refractivity contribution in [3.8, 4) is 61.3 Å². The summed E-state index contributed by atoms with van der Waals surface area (Å²) in [6.45, 7) is 4.75. The Kier molecular flexibility index (Phi) is 7.40. The third kappa shape index (κ3) is 5.18. The van der Waals surface area contributed by atoms with E-state index in [9.17, 15) is 0 Å². The second kappa shape index (κ2) is 12.9. The van der Waals surface area contributed by atoms with Crippen molar-refractivity contribution in [2.75, 3.05) is 0 Å². The minimum atomic E-state index is -0.0910. The van der Waals surface area contributed by atoms with Gasteiger partial charge in [0.15, 0.2) is 0 Å². The molecular weight excluding hydrogens is 711 g/mol. The largest absolute Gasteiger partial charge is 0.309 e. The van der Waals surface area contributed by atoms with E-state index >= 15 is 0 Å². The number of nitrogens with zero attached hydrogens (tertiary/aromatic N) is 1. The van der Waals surface area contributed by atoms with E-state index in [-0.39, 0.29) is 11.3 Å². The Balaban J connectivity index is 1.01. The van der Waals surface area contributed by atoms with Crippen molar-refractivity contribution in [2.24, 2.45) is 0 Å². The van der Waals surface area contributed by atoms with Crippen LogP contribution in [0.4, 0.5) is 0 Å². The van der Waals surface area contributed by atoms with Gasteiger partial charge in [-0.25, -0.2) is 0 Å². The Morgan fingerprint density at radius 2 is 0.898 bits per heavy atom. The highest BCUT2D eigenvalue weighted by Crippen LogP contribution is 2.52. The first kappa shape index (κ1) is 33.9. The fourth-order valence-corrected chi connectivity index (χ4v) is 10.3. The van der Waals surface area contributed by atoms with Crippen LogP contribution in [0, 0.1) is 0 Å². The average Bonchev–Trinajstić information content (AvgIpc) is 3.88. The van der Waals surface area contributed by atoms with E-state index in [1.807, 2.05) is 0 Å². The molecule has 1 unspecified atom stereocenters. The summed E-state index contributed by atoms with van der Waals surface area (Å²) in [5.41, 5.74) is 23.2. The van der Waals surface area contributed by atoms with Crippen LogP contribution in [0.3, 0.4) is 0 Å². The molecule has 1 nitrogen and oxygen atoms in total. The standard InChI is InChI=1S/C58H41N/c1-58(2)53-20-12-11-18-46(53)50-35-52-51-34-43(28-32-55(51)59(56(52)36-54(50)58)44-29-25-40(26-30-44)38-15-7-4-8-16-38)42-27-31-48-49(33-42)45-17-9-10-19-47(45)57(48)41-23-21-39(22-24-41)37-13-5-3-6-14-37/h3-36,57H,1-2H3. The van der Waals surface area contributed by atoms with Gasteiger partial charge >= 0.3 is 0 Å². The van der Waals surface area contributed by atoms with Crippen LogP contribution in [-0.2, 0) is 5.41 Å². The van der Waals surface area contributed by atoms with Crippen LogP contribution >= 0.6 is 0 Å². The molecule has 0 bridgehead atoms. The minimum absolute atomic E-state index is 0.0910. The topological polar surface area (TPSA) is 4.93 Å². The molecule has 0 N–H and O–H groups in total. The van der Waals surface area contributed by atoms with Crippen LogP contribution in [0.15, 0.2) is 206 Å². The Hall–Kier alpha value is -7.22. The highest BCUT2D eigenvalue weighted by molar-refractivity contribution is 6.13. The molecule has 12 rings (SSSR count). The number of aromatic nitrogens is 1. The second-order valence-electron chi connectivity index (χ2n) is 16.9. The Morgan fingerprint density at radius 1 is 0.356 bits per heavy atom. The fourth-order valence-electron chi connectivity index (χ4n) is 10.3. The van der Waals surface area contributed by atoms with Gasteiger partial charge in [-0.2, -0.15) is 0 Å². The first-order valence-corrected chi connectivity index (χ1v) is 20.8. The van der Waals surface area contributed by atoms with Gasteiger partial charge in [0.05, 0.1) is 11.0 Å². The lowest BCUT2D eigenvalue weighted by atomic mass is 9.82. The summed E-state index contributed by atoms with van der Waals surface area (Å²) in [5, 5.41) is 2.55. The monoisotopic (exact) mass is 751 g/mol. The Bertz CT molecular complexity index is 3260. The van der Waals surface area contributed by atoms with E-state index < -0.39 is 0 Å². The summed E-state index contributed by atoms with van der Waals surface area (Å²) in [6.07, 6.45) is 0. The molecule has 0 saturated carbocycles. The van der Waals surface area contributed by atoms with Gasteiger partial charge in [0.25, 0.3) is 0 Å². The lowest BCUT2D eigenvalue weighted by Crippen LogP contribution is -2.14. The summed E-state index contributed by atoms with van der Waals surface area (Å²) >= 11 is 0. The van der Waals surface area contributed by atoms with Gasteiger partial charge < -0.3 is 4.57 Å². The third-order valence-electron chi connectivity index (χ3n) is 13.3. The summed E-state index contributed by atoms with van der Waals surface area (Å²) < 4.78 is 2.48. The minimum Gasteiger partial charge on any atom is -0.309 e. The zero-order chi connectivity index (χ0) is 39.2. The molecule has 1 aromatic heterocycles. The maximum Gasteiger partial charge on any atom is 0.0544 e. The van der Waals surface area contributed by atoms with Gasteiger partial charge in [-0.15, -0.1) is 0 Å². The zero-order valence-corrected chi connectivity index (χ0v) is 33.2. The molecule has 2 aliphatic carbocycles. The van der Waals surface area contributed by atoms with Crippen molar-refractivity contribution >= 4 is 21.8 Å². The molecule has 0 spiro atoms. The Morgan fingerprint density at radius 3 is 1.63 bits per heavy atom. The number of fused-ring (bicyclic) bond motifs is 9.